The van der Waals surface area contributed by atoms with Crippen molar-refractivity contribution in [2.24, 2.45) is 11.7 Å². The Labute approximate surface area is 219 Å². The summed E-state index contributed by atoms with van der Waals surface area (Å²) in [6.07, 6.45) is 2.40. The zero-order valence-electron chi connectivity index (χ0n) is 22.1. The number of allylic oxidation sites excluding steroid dienone is 2. The Morgan fingerprint density at radius 1 is 0.973 bits per heavy atom. The molecule has 2 atom stereocenters. The summed E-state index contributed by atoms with van der Waals surface area (Å²) in [5.41, 5.74) is 9.11. The van der Waals surface area contributed by atoms with Crippen molar-refractivity contribution in [3.63, 3.8) is 0 Å². The van der Waals surface area contributed by atoms with E-state index in [4.69, 9.17) is 15.2 Å². The second kappa shape index (κ2) is 13.1. The van der Waals surface area contributed by atoms with Gasteiger partial charge in [-0.2, -0.15) is 0 Å². The van der Waals surface area contributed by atoms with E-state index in [1.54, 1.807) is 26.0 Å². The lowest BCUT2D eigenvalue weighted by Crippen LogP contribution is -2.32. The predicted octanol–water partition coefficient (Wildman–Crippen LogP) is 5.28. The molecule has 2 aromatic carbocycles. The molecular formula is C30H38N2O5. The molecule has 0 bridgehead atoms. The van der Waals surface area contributed by atoms with E-state index in [1.165, 1.54) is 0 Å². The second-order valence-corrected chi connectivity index (χ2v) is 9.79. The summed E-state index contributed by atoms with van der Waals surface area (Å²) in [6, 6.07) is 17.1. The van der Waals surface area contributed by atoms with E-state index in [-0.39, 0.29) is 23.8 Å². The van der Waals surface area contributed by atoms with Gasteiger partial charge in [-0.25, -0.2) is 9.59 Å². The molecule has 3 rings (SSSR count). The smallest absolute Gasteiger partial charge is 0.336 e. The van der Waals surface area contributed by atoms with Crippen LogP contribution in [0.15, 0.2) is 77.1 Å². The van der Waals surface area contributed by atoms with Crippen molar-refractivity contribution in [2.75, 3.05) is 6.61 Å². The van der Waals surface area contributed by atoms with Crippen LogP contribution in [-0.4, -0.2) is 29.7 Å². The second-order valence-electron chi connectivity index (χ2n) is 9.79. The molecule has 0 spiro atoms. The van der Waals surface area contributed by atoms with Crippen LogP contribution in [0.2, 0.25) is 0 Å². The fraction of sp³-hybridized carbons (Fsp3) is 0.400. The average molecular weight is 507 g/mol. The first-order valence-electron chi connectivity index (χ1n) is 12.8. The maximum absolute atomic E-state index is 13.4. The molecule has 0 saturated carbocycles. The van der Waals surface area contributed by atoms with Gasteiger partial charge in [0.15, 0.2) is 0 Å². The summed E-state index contributed by atoms with van der Waals surface area (Å²) in [6.45, 7) is 8.20. The summed E-state index contributed by atoms with van der Waals surface area (Å²) < 4.78 is 11.8. The molecule has 198 valence electrons. The first-order valence-corrected chi connectivity index (χ1v) is 12.8. The molecule has 7 heteroatoms. The number of dihydropyridines is 1. The molecule has 7 nitrogen and oxygen atoms in total. The third-order valence-corrected chi connectivity index (χ3v) is 6.70. The number of carbonyl (C=O) groups excluding carboxylic acids is 1. The molecule has 1 aliphatic rings. The van der Waals surface area contributed by atoms with Crippen LogP contribution in [0.25, 0.3) is 0 Å². The minimum Gasteiger partial charge on any atom is -0.489 e. The van der Waals surface area contributed by atoms with Crippen LogP contribution in [0.1, 0.15) is 64.0 Å². The highest BCUT2D eigenvalue weighted by atomic mass is 16.5. The van der Waals surface area contributed by atoms with Gasteiger partial charge in [0.1, 0.15) is 12.4 Å². The summed E-state index contributed by atoms with van der Waals surface area (Å²) >= 11 is 0. The number of rotatable bonds is 12. The number of carboxylic acid groups (broad SMARTS) is 1. The van der Waals surface area contributed by atoms with E-state index in [9.17, 15) is 14.7 Å². The van der Waals surface area contributed by atoms with Gasteiger partial charge in [-0.1, -0.05) is 62.4 Å². The monoisotopic (exact) mass is 506 g/mol. The van der Waals surface area contributed by atoms with Crippen LogP contribution in [0.4, 0.5) is 0 Å². The van der Waals surface area contributed by atoms with Crippen molar-refractivity contribution in [3.8, 4) is 5.75 Å². The molecule has 1 aliphatic heterocycles. The lowest BCUT2D eigenvalue weighted by molar-refractivity contribution is -0.139. The molecule has 0 aromatic heterocycles. The Morgan fingerprint density at radius 3 is 2.30 bits per heavy atom. The summed E-state index contributed by atoms with van der Waals surface area (Å²) in [5, 5.41) is 13.2. The molecule has 0 radical (unpaired) electrons. The van der Waals surface area contributed by atoms with Crippen molar-refractivity contribution in [2.45, 2.75) is 65.5 Å². The maximum Gasteiger partial charge on any atom is 0.336 e. The Bertz CT molecular complexity index is 1150. The Balaban J connectivity index is 1.85. The molecule has 2 unspecified atom stereocenters. The number of aliphatic carboxylic acids is 1. The van der Waals surface area contributed by atoms with Crippen molar-refractivity contribution in [3.05, 3.63) is 88.3 Å². The zero-order chi connectivity index (χ0) is 26.9. The fourth-order valence-corrected chi connectivity index (χ4v) is 4.50. The third kappa shape index (κ3) is 7.23. The highest BCUT2D eigenvalue weighted by Gasteiger charge is 2.38. The fourth-order valence-electron chi connectivity index (χ4n) is 4.50. The predicted molar refractivity (Wildman–Crippen MR) is 144 cm³/mol. The number of nitrogens with two attached hydrogens (primary N) is 1. The van der Waals surface area contributed by atoms with Crippen LogP contribution in [0, 0.1) is 5.92 Å². The van der Waals surface area contributed by atoms with Gasteiger partial charge in [-0.05, 0) is 50.7 Å². The third-order valence-electron chi connectivity index (χ3n) is 6.70. The highest BCUT2D eigenvalue weighted by Crippen LogP contribution is 2.42. The summed E-state index contributed by atoms with van der Waals surface area (Å²) in [7, 11) is 0. The average Bonchev–Trinajstić information content (AvgIpc) is 2.87. The van der Waals surface area contributed by atoms with Gasteiger partial charge in [0.25, 0.3) is 0 Å². The molecule has 2 aromatic rings. The van der Waals surface area contributed by atoms with Crippen LogP contribution in [-0.2, 0) is 20.9 Å². The number of esters is 1. The lowest BCUT2D eigenvalue weighted by Gasteiger charge is -2.30. The molecular weight excluding hydrogens is 468 g/mol. The quantitative estimate of drug-likeness (QED) is 0.265. The van der Waals surface area contributed by atoms with Crippen LogP contribution in [0.5, 0.6) is 5.75 Å². The maximum atomic E-state index is 13.4. The minimum atomic E-state index is -1.10. The number of nitrogens with one attached hydrogen (secondary N) is 1. The number of carbonyl (C=O) groups is 2. The molecule has 0 amide bonds. The van der Waals surface area contributed by atoms with Gasteiger partial charge in [-0.15, -0.1) is 0 Å². The van der Waals surface area contributed by atoms with Crippen LogP contribution in [0.3, 0.4) is 0 Å². The van der Waals surface area contributed by atoms with Crippen molar-refractivity contribution < 1.29 is 24.2 Å². The number of carboxylic acids is 1. The number of benzene rings is 2. The largest absolute Gasteiger partial charge is 0.489 e. The van der Waals surface area contributed by atoms with Gasteiger partial charge >= 0.3 is 11.9 Å². The van der Waals surface area contributed by atoms with Gasteiger partial charge in [0.2, 0.25) is 0 Å². The van der Waals surface area contributed by atoms with Gasteiger partial charge in [-0.3, -0.25) is 0 Å². The number of para-hydroxylation sites is 1. The number of ether oxygens (including phenoxy) is 2. The standard InChI is InChI=1S/C30H38N2O5/c1-19(2)24(31)15-10-11-17-36-30(35)27-21(4)32-20(3)26(29(33)34)28(27)23-14-8-9-16-25(23)37-18-22-12-6-5-7-13-22/h5-9,12-14,16,19,24,28,32H,10-11,15,17-18,31H2,1-4H3,(H,33,34). The van der Waals surface area contributed by atoms with E-state index >= 15 is 0 Å². The van der Waals surface area contributed by atoms with E-state index in [0.29, 0.717) is 41.7 Å². The first-order chi connectivity index (χ1) is 17.7. The van der Waals surface area contributed by atoms with E-state index in [1.807, 2.05) is 42.5 Å². The molecule has 0 aliphatic carbocycles. The number of unbranched alkanes of at least 4 members (excludes halogenated alkanes) is 1. The van der Waals surface area contributed by atoms with Crippen molar-refractivity contribution in [1.29, 1.82) is 0 Å². The normalized spacial score (nSPS) is 16.4. The Hall–Kier alpha value is -3.58. The van der Waals surface area contributed by atoms with Crippen molar-refractivity contribution >= 4 is 11.9 Å². The molecule has 4 N–H and O–H groups in total. The van der Waals surface area contributed by atoms with E-state index in [2.05, 4.69) is 19.2 Å². The van der Waals surface area contributed by atoms with Crippen LogP contribution >= 0.6 is 0 Å². The molecule has 37 heavy (non-hydrogen) atoms. The number of hydrogen-bond donors (Lipinski definition) is 3. The minimum absolute atomic E-state index is 0.0937. The summed E-state index contributed by atoms with van der Waals surface area (Å²) in [4.78, 5) is 25.8. The van der Waals surface area contributed by atoms with E-state index < -0.39 is 17.9 Å². The molecule has 1 heterocycles. The van der Waals surface area contributed by atoms with Gasteiger partial charge in [0.05, 0.1) is 23.7 Å². The molecule has 0 fully saturated rings. The lowest BCUT2D eigenvalue weighted by atomic mass is 9.80. The zero-order valence-corrected chi connectivity index (χ0v) is 22.1. The van der Waals surface area contributed by atoms with E-state index in [0.717, 1.165) is 18.4 Å². The summed E-state index contributed by atoms with van der Waals surface area (Å²) in [5.74, 6) is -1.56. The number of hydrogen-bond acceptors (Lipinski definition) is 6. The van der Waals surface area contributed by atoms with Crippen molar-refractivity contribution in [1.82, 2.24) is 5.32 Å². The van der Waals surface area contributed by atoms with Crippen LogP contribution < -0.4 is 15.8 Å². The first kappa shape index (κ1) is 28.0. The Kier molecular flexibility index (Phi) is 9.92. The Morgan fingerprint density at radius 2 is 1.62 bits per heavy atom. The molecule has 0 saturated heterocycles. The highest BCUT2D eigenvalue weighted by molar-refractivity contribution is 5.99. The topological polar surface area (TPSA) is 111 Å². The van der Waals surface area contributed by atoms with Gasteiger partial charge in [0, 0.05) is 23.0 Å². The SMILES string of the molecule is CC1=C(C(=O)O)C(c2ccccc2OCc2ccccc2)C(C(=O)OCCCCC(N)C(C)C)=C(C)N1. The van der Waals surface area contributed by atoms with Gasteiger partial charge < -0.3 is 25.6 Å².